The van der Waals surface area contributed by atoms with Gasteiger partial charge < -0.3 is 14.5 Å². The molecule has 2 aromatic carbocycles. The van der Waals surface area contributed by atoms with Gasteiger partial charge in [0.15, 0.2) is 5.60 Å². The van der Waals surface area contributed by atoms with E-state index >= 15 is 0 Å². The zero-order chi connectivity index (χ0) is 23.3. The molecule has 0 radical (unpaired) electrons. The second kappa shape index (κ2) is 8.17. The lowest BCUT2D eigenvalue weighted by molar-refractivity contribution is -0.142. The van der Waals surface area contributed by atoms with Crippen LogP contribution in [0, 0.1) is 17.5 Å². The summed E-state index contributed by atoms with van der Waals surface area (Å²) in [4.78, 5) is 29.5. The van der Waals surface area contributed by atoms with Crippen LogP contribution in [0.15, 0.2) is 36.4 Å². The van der Waals surface area contributed by atoms with Gasteiger partial charge in [0.25, 0.3) is 11.8 Å². The zero-order valence-electron chi connectivity index (χ0n) is 18.3. The second-order valence-corrected chi connectivity index (χ2v) is 9.04. The molecule has 3 fully saturated rings. The summed E-state index contributed by atoms with van der Waals surface area (Å²) in [6.45, 7) is 2.44. The Morgan fingerprint density at radius 3 is 2.39 bits per heavy atom. The highest BCUT2D eigenvalue weighted by molar-refractivity contribution is 5.95. The van der Waals surface area contributed by atoms with E-state index in [1.807, 2.05) is 6.92 Å². The van der Waals surface area contributed by atoms with Gasteiger partial charge in [0.05, 0.1) is 11.6 Å². The lowest BCUT2D eigenvalue weighted by Crippen LogP contribution is -2.51. The van der Waals surface area contributed by atoms with Crippen molar-refractivity contribution in [3.05, 3.63) is 70.5 Å². The average Bonchev–Trinajstić information content (AvgIpc) is 3.31. The lowest BCUT2D eigenvalue weighted by Gasteiger charge is -2.37. The van der Waals surface area contributed by atoms with Crippen molar-refractivity contribution >= 4 is 11.8 Å². The van der Waals surface area contributed by atoms with Gasteiger partial charge in [-0.15, -0.1) is 0 Å². The highest BCUT2D eigenvalue weighted by Gasteiger charge is 2.58. The predicted molar refractivity (Wildman–Crippen MR) is 114 cm³/mol. The maximum absolute atomic E-state index is 14.4. The Bertz CT molecular complexity index is 1090. The highest BCUT2D eigenvalue weighted by atomic mass is 19.1. The van der Waals surface area contributed by atoms with Crippen LogP contribution in [-0.4, -0.2) is 46.5 Å². The summed E-state index contributed by atoms with van der Waals surface area (Å²) < 4.78 is 48.2. The molecule has 0 aliphatic carbocycles. The molecule has 0 saturated carbocycles. The minimum absolute atomic E-state index is 0.0237. The normalized spacial score (nSPS) is 23.9. The molecule has 0 unspecified atom stereocenters. The quantitative estimate of drug-likeness (QED) is 0.687. The van der Waals surface area contributed by atoms with Gasteiger partial charge in [-0.2, -0.15) is 0 Å². The molecule has 0 bridgehead atoms. The molecule has 8 heteroatoms. The average molecular weight is 458 g/mol. The van der Waals surface area contributed by atoms with Gasteiger partial charge >= 0.3 is 0 Å². The molecule has 33 heavy (non-hydrogen) atoms. The fourth-order valence-corrected chi connectivity index (χ4v) is 5.33. The summed E-state index contributed by atoms with van der Waals surface area (Å²) in [6.07, 6.45) is 1.96. The number of hydrogen-bond acceptors (Lipinski definition) is 3. The van der Waals surface area contributed by atoms with E-state index in [1.165, 1.54) is 24.3 Å². The molecule has 2 amide bonds. The fourth-order valence-electron chi connectivity index (χ4n) is 5.33. The summed E-state index contributed by atoms with van der Waals surface area (Å²) in [7, 11) is 0. The molecule has 174 valence electrons. The van der Waals surface area contributed by atoms with Gasteiger partial charge in [-0.3, -0.25) is 9.59 Å². The molecule has 2 aromatic rings. The minimum atomic E-state index is -1.06. The van der Waals surface area contributed by atoms with Crippen LogP contribution in [0.3, 0.4) is 0 Å². The Kier molecular flexibility index (Phi) is 5.43. The van der Waals surface area contributed by atoms with Crippen LogP contribution in [0.4, 0.5) is 13.2 Å². The van der Waals surface area contributed by atoms with E-state index in [1.54, 1.807) is 15.9 Å². The number of fused-ring (bicyclic) bond motifs is 1. The second-order valence-electron chi connectivity index (χ2n) is 9.04. The summed E-state index contributed by atoms with van der Waals surface area (Å²) in [5.41, 5.74) is 0.203. The van der Waals surface area contributed by atoms with Gasteiger partial charge in [0.2, 0.25) is 0 Å². The molecule has 3 aliphatic heterocycles. The van der Waals surface area contributed by atoms with Crippen LogP contribution < -0.4 is 0 Å². The van der Waals surface area contributed by atoms with Crippen LogP contribution in [0.25, 0.3) is 0 Å². The van der Waals surface area contributed by atoms with Crippen molar-refractivity contribution in [3.8, 4) is 0 Å². The Morgan fingerprint density at radius 2 is 1.76 bits per heavy atom. The number of amides is 2. The molecular formula is C25H25F3N2O3. The van der Waals surface area contributed by atoms with Crippen molar-refractivity contribution < 1.29 is 27.5 Å². The van der Waals surface area contributed by atoms with E-state index in [0.717, 1.165) is 11.6 Å². The Balaban J connectivity index is 1.30. The van der Waals surface area contributed by atoms with E-state index in [-0.39, 0.29) is 24.6 Å². The van der Waals surface area contributed by atoms with E-state index in [2.05, 4.69) is 0 Å². The van der Waals surface area contributed by atoms with Gasteiger partial charge in [-0.1, -0.05) is 13.0 Å². The molecule has 0 aromatic heterocycles. The number of hydrogen-bond donors (Lipinski definition) is 0. The third-order valence-corrected chi connectivity index (χ3v) is 7.12. The third kappa shape index (κ3) is 3.70. The van der Waals surface area contributed by atoms with Crippen molar-refractivity contribution in [2.75, 3.05) is 13.1 Å². The van der Waals surface area contributed by atoms with Gasteiger partial charge in [0.1, 0.15) is 23.7 Å². The molecular weight excluding hydrogens is 433 g/mol. The van der Waals surface area contributed by atoms with Crippen LogP contribution in [0.5, 0.6) is 0 Å². The maximum atomic E-state index is 14.4. The first-order valence-electron chi connectivity index (χ1n) is 11.4. The van der Waals surface area contributed by atoms with Crippen molar-refractivity contribution in [1.29, 1.82) is 0 Å². The van der Waals surface area contributed by atoms with Crippen LogP contribution in [-0.2, 0) is 16.0 Å². The molecule has 5 nitrogen and oxygen atoms in total. The highest BCUT2D eigenvalue weighted by Crippen LogP contribution is 2.47. The summed E-state index contributed by atoms with van der Waals surface area (Å²) in [6, 6.07) is 7.52. The van der Waals surface area contributed by atoms with Crippen LogP contribution >= 0.6 is 0 Å². The number of rotatable bonds is 3. The zero-order valence-corrected chi connectivity index (χ0v) is 18.3. The van der Waals surface area contributed by atoms with Crippen molar-refractivity contribution in [3.63, 3.8) is 0 Å². The predicted octanol–water partition coefficient (Wildman–Crippen LogP) is 4.36. The van der Waals surface area contributed by atoms with Crippen molar-refractivity contribution in [2.45, 2.75) is 56.9 Å². The number of ether oxygens (including phenoxy) is 1. The van der Waals surface area contributed by atoms with E-state index in [4.69, 9.17) is 4.74 Å². The van der Waals surface area contributed by atoms with Gasteiger partial charge in [-0.25, -0.2) is 13.2 Å². The largest absolute Gasteiger partial charge is 0.342 e. The molecule has 3 heterocycles. The standard InChI is InChI=1S/C25H25F3N2O3/c1-2-15-3-4-19(20(28)11-15)23(31)29-9-7-25(8-10-29)24(32)30-21(5-6-22(30)33-25)16-12-17(26)14-18(27)13-16/h3-4,11-14,21-22H,2,5-10H2,1H3/t21-,22+/m0/s1. The number of piperidine rings is 1. The Labute approximate surface area is 190 Å². The lowest BCUT2D eigenvalue weighted by atomic mass is 9.89. The first-order valence-corrected chi connectivity index (χ1v) is 11.4. The number of carbonyl (C=O) groups is 2. The number of carbonyl (C=O) groups excluding carboxylic acids is 2. The van der Waals surface area contributed by atoms with Crippen molar-refractivity contribution in [1.82, 2.24) is 9.80 Å². The fraction of sp³-hybridized carbons (Fsp3) is 0.440. The van der Waals surface area contributed by atoms with Crippen LogP contribution in [0.1, 0.15) is 60.1 Å². The SMILES string of the molecule is CCc1ccc(C(=O)N2CCC3(CC2)O[C@@H]2CC[C@@H](c4cc(F)cc(F)c4)N2C3=O)c(F)c1. The minimum Gasteiger partial charge on any atom is -0.342 e. The van der Waals surface area contributed by atoms with E-state index in [0.29, 0.717) is 37.7 Å². The molecule has 0 N–H and O–H groups in total. The summed E-state index contributed by atoms with van der Waals surface area (Å²) >= 11 is 0. The smallest absolute Gasteiger partial charge is 0.257 e. The van der Waals surface area contributed by atoms with Crippen LogP contribution in [0.2, 0.25) is 0 Å². The number of likely N-dealkylation sites (tertiary alicyclic amines) is 1. The maximum Gasteiger partial charge on any atom is 0.257 e. The number of nitrogens with zero attached hydrogens (tertiary/aromatic N) is 2. The summed E-state index contributed by atoms with van der Waals surface area (Å²) in [5, 5.41) is 0. The number of benzene rings is 2. The number of aryl methyl sites for hydroxylation is 1. The van der Waals surface area contributed by atoms with E-state index in [9.17, 15) is 22.8 Å². The van der Waals surface area contributed by atoms with E-state index < -0.39 is 41.2 Å². The molecule has 3 saturated heterocycles. The van der Waals surface area contributed by atoms with Gasteiger partial charge in [0, 0.05) is 32.0 Å². The molecule has 1 spiro atoms. The molecule has 2 atom stereocenters. The molecule has 5 rings (SSSR count). The first kappa shape index (κ1) is 21.9. The topological polar surface area (TPSA) is 49.9 Å². The Morgan fingerprint density at radius 1 is 1.06 bits per heavy atom. The Hall–Kier alpha value is -2.87. The van der Waals surface area contributed by atoms with Gasteiger partial charge in [-0.05, 0) is 54.7 Å². The first-order chi connectivity index (χ1) is 15.8. The third-order valence-electron chi connectivity index (χ3n) is 7.12. The molecule has 3 aliphatic rings. The number of halogens is 3. The monoisotopic (exact) mass is 458 g/mol. The van der Waals surface area contributed by atoms with Crippen molar-refractivity contribution in [2.24, 2.45) is 0 Å². The summed E-state index contributed by atoms with van der Waals surface area (Å²) in [5.74, 6) is -2.50.